The number of aryl methyl sites for hydroxylation is 2. The number of aromatic nitrogens is 2. The molecular weight excluding hydrogens is 270 g/mol. The molecule has 0 fully saturated rings. The highest BCUT2D eigenvalue weighted by Crippen LogP contribution is 2.14. The minimum absolute atomic E-state index is 0.217. The lowest BCUT2D eigenvalue weighted by Crippen LogP contribution is -2.41. The third-order valence-corrected chi connectivity index (χ3v) is 3.60. The van der Waals surface area contributed by atoms with Gasteiger partial charge in [-0.1, -0.05) is 13.8 Å². The highest BCUT2D eigenvalue weighted by atomic mass is 16.4. The molecule has 1 rings (SSSR count). The summed E-state index contributed by atoms with van der Waals surface area (Å²) in [6.07, 6.45) is 1.28. The summed E-state index contributed by atoms with van der Waals surface area (Å²) in [7, 11) is 1.87. The molecule has 1 aromatic rings. The number of carboxylic acids is 1. The molecule has 1 aromatic heterocycles. The Kier molecular flexibility index (Phi) is 5.93. The molecule has 0 bridgehead atoms. The first-order valence-corrected chi connectivity index (χ1v) is 7.23. The summed E-state index contributed by atoms with van der Waals surface area (Å²) in [5.41, 5.74) is 3.01. The molecule has 1 amide bonds. The largest absolute Gasteiger partial charge is 0.480 e. The van der Waals surface area contributed by atoms with Gasteiger partial charge in [0.15, 0.2) is 0 Å². The van der Waals surface area contributed by atoms with Crippen LogP contribution in [-0.2, 0) is 23.1 Å². The van der Waals surface area contributed by atoms with Crippen molar-refractivity contribution >= 4 is 11.9 Å². The van der Waals surface area contributed by atoms with Crippen LogP contribution in [0.2, 0.25) is 0 Å². The molecule has 0 saturated heterocycles. The Morgan fingerprint density at radius 2 is 1.95 bits per heavy atom. The van der Waals surface area contributed by atoms with E-state index in [4.69, 9.17) is 5.11 Å². The number of rotatable bonds is 7. The predicted molar refractivity (Wildman–Crippen MR) is 80.0 cm³/mol. The van der Waals surface area contributed by atoms with E-state index in [9.17, 15) is 9.59 Å². The van der Waals surface area contributed by atoms with Crippen LogP contribution in [0.15, 0.2) is 0 Å². The Bertz CT molecular complexity index is 520. The SMILES string of the molecule is Cc1nn(C)c(C)c1CCC(=O)N[C@@H](CC(C)C)C(=O)O. The zero-order valence-corrected chi connectivity index (χ0v) is 13.4. The molecule has 0 aliphatic heterocycles. The van der Waals surface area contributed by atoms with E-state index in [0.717, 1.165) is 17.0 Å². The number of nitrogens with zero attached hydrogens (tertiary/aromatic N) is 2. The van der Waals surface area contributed by atoms with E-state index in [1.807, 2.05) is 34.7 Å². The molecule has 0 saturated carbocycles. The van der Waals surface area contributed by atoms with E-state index < -0.39 is 12.0 Å². The molecule has 0 spiro atoms. The first-order valence-electron chi connectivity index (χ1n) is 7.23. The van der Waals surface area contributed by atoms with E-state index in [-0.39, 0.29) is 18.2 Å². The Hall–Kier alpha value is -1.85. The van der Waals surface area contributed by atoms with E-state index in [1.165, 1.54) is 0 Å². The monoisotopic (exact) mass is 295 g/mol. The van der Waals surface area contributed by atoms with Crippen LogP contribution in [0.5, 0.6) is 0 Å². The van der Waals surface area contributed by atoms with Gasteiger partial charge >= 0.3 is 5.97 Å². The fourth-order valence-electron chi connectivity index (χ4n) is 2.38. The quantitative estimate of drug-likeness (QED) is 0.800. The molecule has 6 nitrogen and oxygen atoms in total. The van der Waals surface area contributed by atoms with Gasteiger partial charge in [-0.25, -0.2) is 4.79 Å². The maximum Gasteiger partial charge on any atom is 0.326 e. The minimum Gasteiger partial charge on any atom is -0.480 e. The van der Waals surface area contributed by atoms with Gasteiger partial charge in [0, 0.05) is 19.2 Å². The maximum absolute atomic E-state index is 11.9. The highest BCUT2D eigenvalue weighted by molar-refractivity contribution is 5.83. The summed E-state index contributed by atoms with van der Waals surface area (Å²) in [5, 5.41) is 16.0. The van der Waals surface area contributed by atoms with Crippen LogP contribution >= 0.6 is 0 Å². The lowest BCUT2D eigenvalue weighted by molar-refractivity contribution is -0.142. The Morgan fingerprint density at radius 3 is 2.38 bits per heavy atom. The summed E-state index contributed by atoms with van der Waals surface area (Å²) >= 11 is 0. The second-order valence-corrected chi connectivity index (χ2v) is 5.86. The van der Waals surface area contributed by atoms with Gasteiger partial charge in [0.2, 0.25) is 5.91 Å². The number of carboxylic acid groups (broad SMARTS) is 1. The summed E-state index contributed by atoms with van der Waals surface area (Å²) in [5.74, 6) is -0.995. The summed E-state index contributed by atoms with van der Waals surface area (Å²) in [6, 6.07) is -0.811. The number of amides is 1. The zero-order valence-electron chi connectivity index (χ0n) is 13.4. The van der Waals surface area contributed by atoms with Gasteiger partial charge in [-0.05, 0) is 38.2 Å². The van der Waals surface area contributed by atoms with Gasteiger partial charge in [0.25, 0.3) is 0 Å². The lowest BCUT2D eigenvalue weighted by atomic mass is 10.0. The van der Waals surface area contributed by atoms with E-state index in [1.54, 1.807) is 4.68 Å². The summed E-state index contributed by atoms with van der Waals surface area (Å²) in [6.45, 7) is 7.75. The van der Waals surface area contributed by atoms with Crippen molar-refractivity contribution in [3.8, 4) is 0 Å². The van der Waals surface area contributed by atoms with Gasteiger partial charge < -0.3 is 10.4 Å². The Morgan fingerprint density at radius 1 is 1.33 bits per heavy atom. The van der Waals surface area contributed by atoms with Crippen molar-refractivity contribution in [2.75, 3.05) is 0 Å². The van der Waals surface area contributed by atoms with Gasteiger partial charge in [-0.15, -0.1) is 0 Å². The number of carbonyl (C=O) groups is 2. The molecule has 1 heterocycles. The molecule has 2 N–H and O–H groups in total. The smallest absolute Gasteiger partial charge is 0.326 e. The second-order valence-electron chi connectivity index (χ2n) is 5.86. The maximum atomic E-state index is 11.9. The molecule has 0 aliphatic carbocycles. The zero-order chi connectivity index (χ0) is 16.2. The van der Waals surface area contributed by atoms with Crippen molar-refractivity contribution in [1.29, 1.82) is 0 Å². The molecule has 21 heavy (non-hydrogen) atoms. The van der Waals surface area contributed by atoms with Crippen LogP contribution in [0.4, 0.5) is 0 Å². The molecule has 0 aliphatic rings. The van der Waals surface area contributed by atoms with Crippen molar-refractivity contribution in [3.05, 3.63) is 17.0 Å². The molecule has 118 valence electrons. The van der Waals surface area contributed by atoms with Crippen molar-refractivity contribution in [1.82, 2.24) is 15.1 Å². The fourth-order valence-corrected chi connectivity index (χ4v) is 2.38. The van der Waals surface area contributed by atoms with Crippen molar-refractivity contribution in [2.45, 2.75) is 53.0 Å². The highest BCUT2D eigenvalue weighted by Gasteiger charge is 2.21. The Labute approximate surface area is 125 Å². The van der Waals surface area contributed by atoms with Crippen LogP contribution in [0.1, 0.15) is 43.6 Å². The summed E-state index contributed by atoms with van der Waals surface area (Å²) < 4.78 is 1.79. The van der Waals surface area contributed by atoms with Gasteiger partial charge in [-0.3, -0.25) is 9.48 Å². The number of aliphatic carboxylic acids is 1. The Balaban J connectivity index is 2.59. The molecule has 0 aromatic carbocycles. The normalized spacial score (nSPS) is 12.5. The molecule has 1 atom stereocenters. The first-order chi connectivity index (χ1) is 9.72. The topological polar surface area (TPSA) is 84.2 Å². The van der Waals surface area contributed by atoms with Gasteiger partial charge in [0.1, 0.15) is 6.04 Å². The average molecular weight is 295 g/mol. The van der Waals surface area contributed by atoms with Crippen LogP contribution in [-0.4, -0.2) is 32.8 Å². The fraction of sp³-hybridized carbons (Fsp3) is 0.667. The van der Waals surface area contributed by atoms with Crippen LogP contribution in [0.3, 0.4) is 0 Å². The van der Waals surface area contributed by atoms with Gasteiger partial charge in [-0.2, -0.15) is 5.10 Å². The molecular formula is C15H25N3O3. The second kappa shape index (κ2) is 7.24. The standard InChI is InChI=1S/C15H25N3O3/c1-9(2)8-13(15(20)21)16-14(19)7-6-12-10(3)17-18(5)11(12)4/h9,13H,6-8H2,1-5H3,(H,16,19)(H,20,21)/t13-/m0/s1. The van der Waals surface area contributed by atoms with E-state index in [0.29, 0.717) is 12.8 Å². The van der Waals surface area contributed by atoms with Crippen molar-refractivity contribution in [2.24, 2.45) is 13.0 Å². The number of nitrogens with one attached hydrogen (secondary N) is 1. The number of carbonyl (C=O) groups excluding carboxylic acids is 1. The first kappa shape index (κ1) is 17.2. The van der Waals surface area contributed by atoms with Crippen LogP contribution in [0.25, 0.3) is 0 Å². The molecule has 6 heteroatoms. The van der Waals surface area contributed by atoms with E-state index >= 15 is 0 Å². The number of hydrogen-bond acceptors (Lipinski definition) is 3. The third kappa shape index (κ3) is 4.88. The lowest BCUT2D eigenvalue weighted by Gasteiger charge is -2.16. The van der Waals surface area contributed by atoms with Crippen LogP contribution < -0.4 is 5.32 Å². The van der Waals surface area contributed by atoms with E-state index in [2.05, 4.69) is 10.4 Å². The minimum atomic E-state index is -0.981. The number of hydrogen-bond donors (Lipinski definition) is 2. The molecule has 0 unspecified atom stereocenters. The summed E-state index contributed by atoms with van der Waals surface area (Å²) in [4.78, 5) is 23.1. The van der Waals surface area contributed by atoms with Crippen molar-refractivity contribution < 1.29 is 14.7 Å². The molecule has 0 radical (unpaired) electrons. The van der Waals surface area contributed by atoms with Crippen molar-refractivity contribution in [3.63, 3.8) is 0 Å². The third-order valence-electron chi connectivity index (χ3n) is 3.60. The van der Waals surface area contributed by atoms with Crippen LogP contribution in [0, 0.1) is 19.8 Å². The average Bonchev–Trinajstić information content (AvgIpc) is 2.60. The van der Waals surface area contributed by atoms with Gasteiger partial charge in [0.05, 0.1) is 5.69 Å². The predicted octanol–water partition coefficient (Wildman–Crippen LogP) is 1.59.